The molecule has 1 atom stereocenters. The Morgan fingerprint density at radius 3 is 2.78 bits per heavy atom. The van der Waals surface area contributed by atoms with Gasteiger partial charge in [0.2, 0.25) is 0 Å². The number of carboxylic acid groups (broad SMARTS) is 1. The third-order valence-electron chi connectivity index (χ3n) is 6.12. The summed E-state index contributed by atoms with van der Waals surface area (Å²) in [5.74, 6) is 0.388. The number of benzene rings is 1. The first kappa shape index (κ1) is 24.3. The lowest BCUT2D eigenvalue weighted by Gasteiger charge is -2.31. The Balaban J connectivity index is 1.56. The van der Waals surface area contributed by atoms with Crippen LogP contribution in [0.1, 0.15) is 29.2 Å². The quantitative estimate of drug-likeness (QED) is 0.277. The monoisotopic (exact) mass is 617 g/mol. The summed E-state index contributed by atoms with van der Waals surface area (Å²) in [6, 6.07) is 10.0. The lowest BCUT2D eigenvalue weighted by atomic mass is 10.0. The Morgan fingerprint density at radius 2 is 2.06 bits per heavy atom. The van der Waals surface area contributed by atoms with Gasteiger partial charge in [0.1, 0.15) is 17.3 Å². The topological polar surface area (TPSA) is 139 Å². The number of piperidine rings is 1. The maximum Gasteiger partial charge on any atom is 0.407 e. The first-order chi connectivity index (χ1) is 17.3. The van der Waals surface area contributed by atoms with Crippen LogP contribution in [0, 0.1) is 3.57 Å². The minimum atomic E-state index is -0.949. The number of aromatic nitrogens is 4. The zero-order valence-corrected chi connectivity index (χ0v) is 21.8. The van der Waals surface area contributed by atoms with E-state index in [4.69, 9.17) is 22.4 Å². The predicted molar refractivity (Wildman–Crippen MR) is 145 cm³/mol. The van der Waals surface area contributed by atoms with E-state index in [-0.39, 0.29) is 11.9 Å². The van der Waals surface area contributed by atoms with Gasteiger partial charge in [-0.25, -0.2) is 14.8 Å². The molecule has 0 spiro atoms. The summed E-state index contributed by atoms with van der Waals surface area (Å²) < 4.78 is 2.68. The number of pyridine rings is 2. The van der Waals surface area contributed by atoms with Gasteiger partial charge in [0.05, 0.1) is 25.5 Å². The summed E-state index contributed by atoms with van der Waals surface area (Å²) in [7, 11) is 0. The van der Waals surface area contributed by atoms with Crippen LogP contribution in [0.4, 0.5) is 16.4 Å². The van der Waals surface area contributed by atoms with Crippen LogP contribution in [0.15, 0.2) is 48.8 Å². The van der Waals surface area contributed by atoms with Gasteiger partial charge in [0, 0.05) is 36.6 Å². The smallest absolute Gasteiger partial charge is 0.407 e. The molecule has 1 unspecified atom stereocenters. The molecule has 10 nitrogen and oxygen atoms in total. The highest BCUT2D eigenvalue weighted by atomic mass is 127. The molecule has 36 heavy (non-hydrogen) atoms. The van der Waals surface area contributed by atoms with Crippen LogP contribution in [-0.2, 0) is 0 Å². The molecule has 184 valence electrons. The number of nitrogen functional groups attached to an aromatic ring is 1. The SMILES string of the molecule is Nc1ncc(I)c2c1c(-c1ccc(C(=O)Nc3ccccn3)cc1Cl)nn2C1CCCN(C(=O)O)C1. The molecule has 12 heteroatoms. The van der Waals surface area contributed by atoms with Gasteiger partial charge in [-0.3, -0.25) is 9.48 Å². The third kappa shape index (κ3) is 4.55. The number of halogens is 2. The number of carbonyl (C=O) groups excluding carboxylic acids is 1. The standard InChI is InChI=1S/C24H21ClIN7O3/c25-16-10-13(23(34)30-18-5-1-2-8-28-18)6-7-15(16)20-19-21(17(26)11-29-22(19)27)33(31-20)14-4-3-9-32(12-14)24(35)36/h1-2,5-8,10-11,14H,3-4,9,12H2,(H2,27,29)(H,35,36)(H,28,30,34). The molecule has 1 saturated heterocycles. The Labute approximate surface area is 224 Å². The van der Waals surface area contributed by atoms with Crippen LogP contribution in [-0.4, -0.2) is 54.8 Å². The summed E-state index contributed by atoms with van der Waals surface area (Å²) in [6.45, 7) is 0.816. The fraction of sp³-hybridized carbons (Fsp3) is 0.208. The Kier molecular flexibility index (Phi) is 6.67. The number of nitrogens with zero attached hydrogens (tertiary/aromatic N) is 5. The summed E-state index contributed by atoms with van der Waals surface area (Å²) in [5.41, 5.74) is 8.58. The van der Waals surface area contributed by atoms with Crippen molar-refractivity contribution in [1.82, 2.24) is 24.6 Å². The summed E-state index contributed by atoms with van der Waals surface area (Å²) in [5, 5.41) is 18.1. The predicted octanol–water partition coefficient (Wildman–Crippen LogP) is 4.90. The van der Waals surface area contributed by atoms with Crippen LogP contribution >= 0.6 is 34.2 Å². The van der Waals surface area contributed by atoms with E-state index in [0.717, 1.165) is 21.9 Å². The van der Waals surface area contributed by atoms with Gasteiger partial charge < -0.3 is 21.1 Å². The van der Waals surface area contributed by atoms with Crippen molar-refractivity contribution < 1.29 is 14.7 Å². The van der Waals surface area contributed by atoms with Crippen molar-refractivity contribution >= 4 is 68.7 Å². The molecule has 3 aromatic heterocycles. The number of nitrogens with two attached hydrogens (primary N) is 1. The lowest BCUT2D eigenvalue weighted by Crippen LogP contribution is -2.40. The van der Waals surface area contributed by atoms with E-state index in [1.54, 1.807) is 48.8 Å². The zero-order chi connectivity index (χ0) is 25.4. The molecule has 0 radical (unpaired) electrons. The second kappa shape index (κ2) is 9.90. The Hall–Kier alpha value is -3.45. The largest absolute Gasteiger partial charge is 0.465 e. The molecule has 0 saturated carbocycles. The molecule has 4 N–H and O–H groups in total. The van der Waals surface area contributed by atoms with Crippen molar-refractivity contribution in [2.75, 3.05) is 24.1 Å². The van der Waals surface area contributed by atoms with Gasteiger partial charge in [-0.05, 0) is 59.7 Å². The van der Waals surface area contributed by atoms with Crippen molar-refractivity contribution in [1.29, 1.82) is 0 Å². The van der Waals surface area contributed by atoms with E-state index in [0.29, 0.717) is 52.0 Å². The summed E-state index contributed by atoms with van der Waals surface area (Å²) >= 11 is 8.85. The number of hydrogen-bond acceptors (Lipinski definition) is 6. The van der Waals surface area contributed by atoms with Crippen LogP contribution in [0.3, 0.4) is 0 Å². The van der Waals surface area contributed by atoms with Crippen molar-refractivity contribution in [2.45, 2.75) is 18.9 Å². The molecule has 1 aliphatic rings. The van der Waals surface area contributed by atoms with Crippen LogP contribution in [0.25, 0.3) is 22.2 Å². The number of anilines is 2. The molecule has 1 aliphatic heterocycles. The second-order valence-corrected chi connectivity index (χ2v) is 9.97. The molecule has 1 fully saturated rings. The van der Waals surface area contributed by atoms with E-state index in [1.165, 1.54) is 4.90 Å². The molecule has 4 aromatic rings. The fourth-order valence-electron chi connectivity index (χ4n) is 4.41. The molecule has 2 amide bonds. The van der Waals surface area contributed by atoms with Crippen molar-refractivity contribution in [3.63, 3.8) is 0 Å². The van der Waals surface area contributed by atoms with E-state index in [2.05, 4.69) is 37.9 Å². The minimum Gasteiger partial charge on any atom is -0.465 e. The lowest BCUT2D eigenvalue weighted by molar-refractivity contribution is 0.102. The number of amides is 2. The van der Waals surface area contributed by atoms with Crippen molar-refractivity contribution in [3.8, 4) is 11.3 Å². The van der Waals surface area contributed by atoms with Crippen molar-refractivity contribution in [3.05, 3.63) is 62.9 Å². The van der Waals surface area contributed by atoms with E-state index < -0.39 is 6.09 Å². The molecule has 0 bridgehead atoms. The van der Waals surface area contributed by atoms with E-state index >= 15 is 0 Å². The average molecular weight is 618 g/mol. The summed E-state index contributed by atoms with van der Waals surface area (Å²) in [4.78, 5) is 34.1. The van der Waals surface area contributed by atoms with Gasteiger partial charge >= 0.3 is 6.09 Å². The maximum atomic E-state index is 12.7. The zero-order valence-electron chi connectivity index (χ0n) is 18.9. The fourth-order valence-corrected chi connectivity index (χ4v) is 5.34. The third-order valence-corrected chi connectivity index (χ3v) is 7.22. The Bertz CT molecular complexity index is 1480. The normalized spacial score (nSPS) is 15.7. The first-order valence-corrected chi connectivity index (χ1v) is 12.6. The van der Waals surface area contributed by atoms with Crippen LogP contribution < -0.4 is 11.1 Å². The van der Waals surface area contributed by atoms with E-state index in [9.17, 15) is 14.7 Å². The van der Waals surface area contributed by atoms with Gasteiger partial charge in [-0.15, -0.1) is 0 Å². The van der Waals surface area contributed by atoms with Gasteiger partial charge in [0.15, 0.2) is 0 Å². The average Bonchev–Trinajstić information content (AvgIpc) is 3.28. The van der Waals surface area contributed by atoms with Crippen molar-refractivity contribution in [2.24, 2.45) is 0 Å². The number of likely N-dealkylation sites (tertiary alicyclic amines) is 1. The Morgan fingerprint density at radius 1 is 1.22 bits per heavy atom. The van der Waals surface area contributed by atoms with Gasteiger partial charge in [-0.2, -0.15) is 5.10 Å². The maximum absolute atomic E-state index is 12.7. The summed E-state index contributed by atoms with van der Waals surface area (Å²) in [6.07, 6.45) is 3.82. The number of rotatable bonds is 4. The molecule has 5 rings (SSSR count). The molecular formula is C24H21ClIN7O3. The van der Waals surface area contributed by atoms with Crippen LogP contribution in [0.2, 0.25) is 5.02 Å². The molecule has 4 heterocycles. The minimum absolute atomic E-state index is 0.163. The molecule has 1 aromatic carbocycles. The van der Waals surface area contributed by atoms with E-state index in [1.807, 2.05) is 4.68 Å². The first-order valence-electron chi connectivity index (χ1n) is 11.2. The highest BCUT2D eigenvalue weighted by Crippen LogP contribution is 2.39. The number of hydrogen-bond donors (Lipinski definition) is 3. The number of carbonyl (C=O) groups is 2. The number of nitrogens with one attached hydrogen (secondary N) is 1. The van der Waals surface area contributed by atoms with Crippen LogP contribution in [0.5, 0.6) is 0 Å². The second-order valence-electron chi connectivity index (χ2n) is 8.40. The number of fused-ring (bicyclic) bond motifs is 1. The van der Waals surface area contributed by atoms with Gasteiger partial charge in [-0.1, -0.05) is 23.7 Å². The molecular weight excluding hydrogens is 597 g/mol. The van der Waals surface area contributed by atoms with Gasteiger partial charge in [0.25, 0.3) is 5.91 Å². The molecule has 0 aliphatic carbocycles. The highest BCUT2D eigenvalue weighted by molar-refractivity contribution is 14.1. The highest BCUT2D eigenvalue weighted by Gasteiger charge is 2.29.